The summed E-state index contributed by atoms with van der Waals surface area (Å²) in [5.41, 5.74) is 15.1. The van der Waals surface area contributed by atoms with E-state index >= 15 is 0 Å². The van der Waals surface area contributed by atoms with E-state index in [9.17, 15) is 4.79 Å². The van der Waals surface area contributed by atoms with Crippen LogP contribution in [0, 0.1) is 6.92 Å². The van der Waals surface area contributed by atoms with Gasteiger partial charge < -0.3 is 11.5 Å². The van der Waals surface area contributed by atoms with Gasteiger partial charge in [-0.15, -0.1) is 0 Å². The predicted octanol–water partition coefficient (Wildman–Crippen LogP) is 3.06. The van der Waals surface area contributed by atoms with Crippen molar-refractivity contribution in [1.82, 2.24) is 0 Å². The lowest BCUT2D eigenvalue weighted by molar-refractivity contribution is 0.104. The van der Waals surface area contributed by atoms with E-state index in [1.165, 1.54) is 6.08 Å². The molecule has 0 spiro atoms. The van der Waals surface area contributed by atoms with Gasteiger partial charge in [0.25, 0.3) is 0 Å². The molecule has 0 amide bonds. The van der Waals surface area contributed by atoms with Crippen LogP contribution in [-0.4, -0.2) is 5.78 Å². The van der Waals surface area contributed by atoms with Crippen molar-refractivity contribution >= 4 is 23.2 Å². The van der Waals surface area contributed by atoms with E-state index in [1.54, 1.807) is 30.3 Å². The molecule has 96 valence electrons. The van der Waals surface area contributed by atoms with Gasteiger partial charge in [0.2, 0.25) is 0 Å². The standard InChI is InChI=1S/C16H16N2O/c1-11-3-2-4-13(7-11)16(19)6-5-12-8-14(17)10-15(18)9-12/h2-10H,17-18H2,1H3/b6-5+. The minimum Gasteiger partial charge on any atom is -0.399 e. The van der Waals surface area contributed by atoms with Gasteiger partial charge >= 0.3 is 0 Å². The van der Waals surface area contributed by atoms with Gasteiger partial charge in [0.15, 0.2) is 5.78 Å². The Balaban J connectivity index is 2.20. The second-order valence-corrected chi connectivity index (χ2v) is 4.50. The minimum atomic E-state index is -0.0373. The molecular weight excluding hydrogens is 236 g/mol. The Morgan fingerprint density at radius 2 is 1.74 bits per heavy atom. The Hall–Kier alpha value is -2.55. The second kappa shape index (κ2) is 5.40. The number of anilines is 2. The van der Waals surface area contributed by atoms with Crippen LogP contribution in [-0.2, 0) is 0 Å². The summed E-state index contributed by atoms with van der Waals surface area (Å²) in [5.74, 6) is -0.0373. The highest BCUT2D eigenvalue weighted by Gasteiger charge is 2.01. The number of ketones is 1. The van der Waals surface area contributed by atoms with Crippen LogP contribution in [0.15, 0.2) is 48.5 Å². The van der Waals surface area contributed by atoms with Crippen LogP contribution in [0.4, 0.5) is 11.4 Å². The average Bonchev–Trinajstić information content (AvgIpc) is 2.35. The van der Waals surface area contributed by atoms with E-state index < -0.39 is 0 Å². The number of nitrogens with two attached hydrogens (primary N) is 2. The van der Waals surface area contributed by atoms with Gasteiger partial charge in [-0.25, -0.2) is 0 Å². The molecule has 0 heterocycles. The molecule has 2 rings (SSSR count). The van der Waals surface area contributed by atoms with Crippen molar-refractivity contribution in [1.29, 1.82) is 0 Å². The molecule has 0 fully saturated rings. The van der Waals surface area contributed by atoms with Gasteiger partial charge in [0, 0.05) is 16.9 Å². The lowest BCUT2D eigenvalue weighted by atomic mass is 10.1. The second-order valence-electron chi connectivity index (χ2n) is 4.50. The number of hydrogen-bond acceptors (Lipinski definition) is 3. The first-order valence-electron chi connectivity index (χ1n) is 6.00. The molecule has 4 N–H and O–H groups in total. The Morgan fingerprint density at radius 3 is 2.37 bits per heavy atom. The van der Waals surface area contributed by atoms with Gasteiger partial charge in [-0.2, -0.15) is 0 Å². The van der Waals surface area contributed by atoms with Crippen LogP contribution < -0.4 is 11.5 Å². The summed E-state index contributed by atoms with van der Waals surface area (Å²) in [6.07, 6.45) is 3.25. The number of carbonyl (C=O) groups is 1. The first-order chi connectivity index (χ1) is 9.04. The zero-order chi connectivity index (χ0) is 13.8. The fraction of sp³-hybridized carbons (Fsp3) is 0.0625. The number of nitrogen functional groups attached to an aromatic ring is 2. The predicted molar refractivity (Wildman–Crippen MR) is 79.8 cm³/mol. The van der Waals surface area contributed by atoms with Crippen LogP contribution in [0.1, 0.15) is 21.5 Å². The molecule has 0 atom stereocenters. The highest BCUT2D eigenvalue weighted by Crippen LogP contribution is 2.15. The number of carbonyl (C=O) groups excluding carboxylic acids is 1. The maximum Gasteiger partial charge on any atom is 0.185 e. The van der Waals surface area contributed by atoms with Crippen molar-refractivity contribution in [2.24, 2.45) is 0 Å². The minimum absolute atomic E-state index is 0.0373. The zero-order valence-corrected chi connectivity index (χ0v) is 10.8. The molecule has 3 nitrogen and oxygen atoms in total. The van der Waals surface area contributed by atoms with Crippen LogP contribution in [0.25, 0.3) is 6.08 Å². The van der Waals surface area contributed by atoms with Crippen LogP contribution >= 0.6 is 0 Å². The molecule has 3 heteroatoms. The number of hydrogen-bond donors (Lipinski definition) is 2. The van der Waals surface area contributed by atoms with Crippen molar-refractivity contribution in [3.63, 3.8) is 0 Å². The summed E-state index contributed by atoms with van der Waals surface area (Å²) in [6.45, 7) is 1.96. The van der Waals surface area contributed by atoms with Gasteiger partial charge in [0.05, 0.1) is 0 Å². The summed E-state index contributed by atoms with van der Waals surface area (Å²) in [6, 6.07) is 12.7. The number of rotatable bonds is 3. The smallest absolute Gasteiger partial charge is 0.185 e. The fourth-order valence-electron chi connectivity index (χ4n) is 1.87. The number of aryl methyl sites for hydroxylation is 1. The summed E-state index contributed by atoms with van der Waals surface area (Å²) in [7, 11) is 0. The van der Waals surface area contributed by atoms with Crippen molar-refractivity contribution in [2.75, 3.05) is 11.5 Å². The van der Waals surface area contributed by atoms with Crippen molar-refractivity contribution in [3.8, 4) is 0 Å². The Bertz CT molecular complexity index is 625. The molecule has 0 saturated carbocycles. The summed E-state index contributed by atoms with van der Waals surface area (Å²) in [5, 5.41) is 0. The summed E-state index contributed by atoms with van der Waals surface area (Å²) >= 11 is 0. The molecule has 2 aromatic rings. The van der Waals surface area contributed by atoms with Crippen molar-refractivity contribution in [3.05, 3.63) is 65.2 Å². The Kier molecular flexibility index (Phi) is 3.66. The Morgan fingerprint density at radius 1 is 1.05 bits per heavy atom. The first kappa shape index (κ1) is 12.9. The molecule has 0 aliphatic carbocycles. The van der Waals surface area contributed by atoms with Gasteiger partial charge in [-0.3, -0.25) is 4.79 Å². The van der Waals surface area contributed by atoms with E-state index in [-0.39, 0.29) is 5.78 Å². The zero-order valence-electron chi connectivity index (χ0n) is 10.8. The van der Waals surface area contributed by atoms with Crippen molar-refractivity contribution < 1.29 is 4.79 Å². The average molecular weight is 252 g/mol. The largest absolute Gasteiger partial charge is 0.399 e. The first-order valence-corrected chi connectivity index (χ1v) is 6.00. The molecule has 0 aliphatic heterocycles. The molecule has 0 unspecified atom stereocenters. The molecule has 19 heavy (non-hydrogen) atoms. The van der Waals surface area contributed by atoms with Crippen LogP contribution in [0.5, 0.6) is 0 Å². The van der Waals surface area contributed by atoms with E-state index in [4.69, 9.17) is 11.5 Å². The van der Waals surface area contributed by atoms with E-state index in [0.717, 1.165) is 11.1 Å². The van der Waals surface area contributed by atoms with E-state index in [2.05, 4.69) is 0 Å². The third-order valence-electron chi connectivity index (χ3n) is 2.73. The molecule has 0 radical (unpaired) electrons. The quantitative estimate of drug-likeness (QED) is 0.501. The molecule has 0 aromatic heterocycles. The summed E-state index contributed by atoms with van der Waals surface area (Å²) < 4.78 is 0. The lowest BCUT2D eigenvalue weighted by Crippen LogP contribution is -1.95. The van der Waals surface area contributed by atoms with Gasteiger partial charge in [0.1, 0.15) is 0 Å². The maximum atomic E-state index is 12.0. The molecule has 0 saturated heterocycles. The fourth-order valence-corrected chi connectivity index (χ4v) is 1.87. The van der Waals surface area contributed by atoms with Crippen molar-refractivity contribution in [2.45, 2.75) is 6.92 Å². The van der Waals surface area contributed by atoms with E-state index in [0.29, 0.717) is 16.9 Å². The third kappa shape index (κ3) is 3.45. The van der Waals surface area contributed by atoms with Crippen LogP contribution in [0.2, 0.25) is 0 Å². The maximum absolute atomic E-state index is 12.0. The third-order valence-corrected chi connectivity index (χ3v) is 2.73. The van der Waals surface area contributed by atoms with Gasteiger partial charge in [-0.1, -0.05) is 29.8 Å². The highest BCUT2D eigenvalue weighted by atomic mass is 16.1. The van der Waals surface area contributed by atoms with Crippen LogP contribution in [0.3, 0.4) is 0 Å². The topological polar surface area (TPSA) is 69.1 Å². The normalized spacial score (nSPS) is 10.8. The summed E-state index contributed by atoms with van der Waals surface area (Å²) in [4.78, 5) is 12.0. The van der Waals surface area contributed by atoms with Gasteiger partial charge in [-0.05, 0) is 42.8 Å². The monoisotopic (exact) mass is 252 g/mol. The molecule has 2 aromatic carbocycles. The lowest BCUT2D eigenvalue weighted by Gasteiger charge is -2.00. The molecular formula is C16H16N2O. The number of benzene rings is 2. The number of allylic oxidation sites excluding steroid dienone is 1. The molecule has 0 bridgehead atoms. The highest BCUT2D eigenvalue weighted by molar-refractivity contribution is 6.06. The molecule has 0 aliphatic rings. The SMILES string of the molecule is Cc1cccc(C(=O)/C=C/c2cc(N)cc(N)c2)c1. The Labute approximate surface area is 112 Å². The van der Waals surface area contributed by atoms with E-state index in [1.807, 2.05) is 25.1 Å².